The summed E-state index contributed by atoms with van der Waals surface area (Å²) in [5, 5.41) is 20.1. The van der Waals surface area contributed by atoms with Crippen LogP contribution < -0.4 is 5.32 Å². The molecular weight excluding hydrogens is 228 g/mol. The van der Waals surface area contributed by atoms with E-state index in [1.54, 1.807) is 12.4 Å². The predicted octanol–water partition coefficient (Wildman–Crippen LogP) is 1.99. The zero-order valence-electron chi connectivity index (χ0n) is 9.59. The van der Waals surface area contributed by atoms with Crippen LogP contribution in [0, 0.1) is 0 Å². The molecule has 2 heterocycles. The first-order chi connectivity index (χ1) is 8.88. The van der Waals surface area contributed by atoms with Crippen LogP contribution in [0.25, 0.3) is 22.2 Å². The van der Waals surface area contributed by atoms with Crippen LogP contribution in [0.3, 0.4) is 0 Å². The first-order valence-corrected chi connectivity index (χ1v) is 5.62. The molecule has 0 aliphatic carbocycles. The standard InChI is InChI=1S/C13H12N4O/c18-8-15-10-1-2-12-11(7-10)13(17-16-12)9-3-5-14-6-4-9/h1-7,15,18H,8H2,(H,16,17). The van der Waals surface area contributed by atoms with Crippen molar-refractivity contribution in [3.8, 4) is 11.3 Å². The van der Waals surface area contributed by atoms with Gasteiger partial charge in [-0.1, -0.05) is 0 Å². The lowest BCUT2D eigenvalue weighted by Crippen LogP contribution is -1.98. The maximum atomic E-state index is 8.89. The highest BCUT2D eigenvalue weighted by Gasteiger charge is 2.08. The summed E-state index contributed by atoms with van der Waals surface area (Å²) in [5.41, 5.74) is 3.72. The average Bonchev–Trinajstić information content (AvgIpc) is 2.83. The number of hydrogen-bond donors (Lipinski definition) is 3. The Hall–Kier alpha value is -2.40. The van der Waals surface area contributed by atoms with Gasteiger partial charge >= 0.3 is 0 Å². The summed E-state index contributed by atoms with van der Waals surface area (Å²) in [4.78, 5) is 4.00. The third-order valence-electron chi connectivity index (χ3n) is 2.80. The summed E-state index contributed by atoms with van der Waals surface area (Å²) in [7, 11) is 0. The summed E-state index contributed by atoms with van der Waals surface area (Å²) in [6, 6.07) is 9.63. The number of H-pyrrole nitrogens is 1. The molecular formula is C13H12N4O. The fourth-order valence-electron chi connectivity index (χ4n) is 1.95. The number of aliphatic hydroxyl groups excluding tert-OH is 1. The minimum absolute atomic E-state index is 0.0893. The summed E-state index contributed by atoms with van der Waals surface area (Å²) < 4.78 is 0. The molecule has 5 heteroatoms. The number of aromatic nitrogens is 3. The second-order valence-corrected chi connectivity index (χ2v) is 3.90. The van der Waals surface area contributed by atoms with Crippen molar-refractivity contribution in [2.24, 2.45) is 0 Å². The summed E-state index contributed by atoms with van der Waals surface area (Å²) in [5.74, 6) is 0. The number of benzene rings is 1. The Morgan fingerprint density at radius 2 is 2.00 bits per heavy atom. The van der Waals surface area contributed by atoms with Gasteiger partial charge in [-0.15, -0.1) is 0 Å². The number of nitrogens with zero attached hydrogens (tertiary/aromatic N) is 2. The molecule has 0 bridgehead atoms. The van der Waals surface area contributed by atoms with Crippen molar-refractivity contribution in [2.45, 2.75) is 0 Å². The Kier molecular flexibility index (Phi) is 2.66. The third kappa shape index (κ3) is 1.80. The van der Waals surface area contributed by atoms with Crippen molar-refractivity contribution in [3.05, 3.63) is 42.7 Å². The maximum Gasteiger partial charge on any atom is 0.113 e. The number of hydrogen-bond acceptors (Lipinski definition) is 4. The lowest BCUT2D eigenvalue weighted by molar-refractivity contribution is 0.326. The molecule has 5 nitrogen and oxygen atoms in total. The molecule has 0 radical (unpaired) electrons. The Labute approximate surface area is 103 Å². The van der Waals surface area contributed by atoms with Crippen molar-refractivity contribution < 1.29 is 5.11 Å². The number of anilines is 1. The third-order valence-corrected chi connectivity index (χ3v) is 2.80. The van der Waals surface area contributed by atoms with Crippen molar-refractivity contribution in [2.75, 3.05) is 12.0 Å². The van der Waals surface area contributed by atoms with Crippen molar-refractivity contribution >= 4 is 16.6 Å². The fraction of sp³-hybridized carbons (Fsp3) is 0.0769. The highest BCUT2D eigenvalue weighted by atomic mass is 16.3. The monoisotopic (exact) mass is 240 g/mol. The average molecular weight is 240 g/mol. The second-order valence-electron chi connectivity index (χ2n) is 3.90. The van der Waals surface area contributed by atoms with Crippen molar-refractivity contribution in [1.29, 1.82) is 0 Å². The number of nitrogens with one attached hydrogen (secondary N) is 2. The molecule has 90 valence electrons. The van der Waals surface area contributed by atoms with Crippen LogP contribution in [-0.4, -0.2) is 27.0 Å². The summed E-state index contributed by atoms with van der Waals surface area (Å²) in [6.07, 6.45) is 3.48. The number of fused-ring (bicyclic) bond motifs is 1. The van der Waals surface area contributed by atoms with Gasteiger partial charge in [0.1, 0.15) is 12.4 Å². The molecule has 0 atom stereocenters. The molecule has 0 unspecified atom stereocenters. The molecule has 0 spiro atoms. The second kappa shape index (κ2) is 4.46. The molecule has 3 rings (SSSR count). The predicted molar refractivity (Wildman–Crippen MR) is 70.0 cm³/mol. The molecule has 0 saturated carbocycles. The van der Waals surface area contributed by atoms with E-state index in [1.165, 1.54) is 0 Å². The van der Waals surface area contributed by atoms with Gasteiger partial charge in [0.15, 0.2) is 0 Å². The Morgan fingerprint density at radius 1 is 1.17 bits per heavy atom. The van der Waals surface area contributed by atoms with Crippen molar-refractivity contribution in [3.63, 3.8) is 0 Å². The normalized spacial score (nSPS) is 10.7. The molecule has 18 heavy (non-hydrogen) atoms. The van der Waals surface area contributed by atoms with E-state index in [-0.39, 0.29) is 6.73 Å². The summed E-state index contributed by atoms with van der Waals surface area (Å²) >= 11 is 0. The maximum absolute atomic E-state index is 8.89. The van der Waals surface area contributed by atoms with Gasteiger partial charge in [-0.25, -0.2) is 0 Å². The molecule has 0 saturated heterocycles. The first-order valence-electron chi connectivity index (χ1n) is 5.62. The smallest absolute Gasteiger partial charge is 0.113 e. The zero-order valence-corrected chi connectivity index (χ0v) is 9.59. The SMILES string of the molecule is OCNc1ccc2[nH]nc(-c3ccncc3)c2c1. The first kappa shape index (κ1) is 10.7. The van der Waals surface area contributed by atoms with E-state index >= 15 is 0 Å². The Balaban J connectivity index is 2.15. The van der Waals surface area contributed by atoms with Crippen LogP contribution in [-0.2, 0) is 0 Å². The van der Waals surface area contributed by atoms with Crippen LogP contribution >= 0.6 is 0 Å². The molecule has 0 amide bonds. The minimum Gasteiger partial charge on any atom is -0.377 e. The lowest BCUT2D eigenvalue weighted by Gasteiger charge is -2.02. The fourth-order valence-corrected chi connectivity index (χ4v) is 1.95. The lowest BCUT2D eigenvalue weighted by atomic mass is 10.1. The molecule has 2 aromatic heterocycles. The molecule has 0 fully saturated rings. The van der Waals surface area contributed by atoms with E-state index in [2.05, 4.69) is 20.5 Å². The van der Waals surface area contributed by atoms with E-state index in [0.29, 0.717) is 0 Å². The zero-order chi connectivity index (χ0) is 12.4. The highest BCUT2D eigenvalue weighted by Crippen LogP contribution is 2.27. The van der Waals surface area contributed by atoms with E-state index in [1.807, 2.05) is 30.3 Å². The Morgan fingerprint density at radius 3 is 2.78 bits per heavy atom. The van der Waals surface area contributed by atoms with Crippen LogP contribution in [0.1, 0.15) is 0 Å². The number of pyridine rings is 1. The number of rotatable bonds is 3. The van der Waals surface area contributed by atoms with Gasteiger partial charge in [0, 0.05) is 29.0 Å². The van der Waals surface area contributed by atoms with E-state index < -0.39 is 0 Å². The summed E-state index contributed by atoms with van der Waals surface area (Å²) in [6.45, 7) is -0.0893. The van der Waals surface area contributed by atoms with Crippen LogP contribution in [0.4, 0.5) is 5.69 Å². The van der Waals surface area contributed by atoms with Crippen molar-refractivity contribution in [1.82, 2.24) is 15.2 Å². The van der Waals surface area contributed by atoms with Gasteiger partial charge in [-0.2, -0.15) is 5.10 Å². The van der Waals surface area contributed by atoms with Gasteiger partial charge in [-0.05, 0) is 30.3 Å². The van der Waals surface area contributed by atoms with E-state index in [9.17, 15) is 0 Å². The molecule has 1 aromatic carbocycles. The van der Waals surface area contributed by atoms with Gasteiger partial charge in [0.05, 0.1) is 5.52 Å². The molecule has 0 aliphatic heterocycles. The molecule has 3 N–H and O–H groups in total. The van der Waals surface area contributed by atoms with Gasteiger partial charge in [-0.3, -0.25) is 10.1 Å². The largest absolute Gasteiger partial charge is 0.377 e. The van der Waals surface area contributed by atoms with Crippen LogP contribution in [0.2, 0.25) is 0 Å². The van der Waals surface area contributed by atoms with Gasteiger partial charge < -0.3 is 10.4 Å². The van der Waals surface area contributed by atoms with Crippen LogP contribution in [0.15, 0.2) is 42.7 Å². The Bertz CT molecular complexity index is 663. The molecule has 3 aromatic rings. The topological polar surface area (TPSA) is 73.8 Å². The number of aromatic amines is 1. The number of aliphatic hydroxyl groups is 1. The highest BCUT2D eigenvalue weighted by molar-refractivity contribution is 5.94. The van der Waals surface area contributed by atoms with E-state index in [0.717, 1.165) is 27.8 Å². The van der Waals surface area contributed by atoms with Gasteiger partial charge in [0.25, 0.3) is 0 Å². The quantitative estimate of drug-likeness (QED) is 0.612. The molecule has 0 aliphatic rings. The van der Waals surface area contributed by atoms with E-state index in [4.69, 9.17) is 5.11 Å². The van der Waals surface area contributed by atoms with Crippen LogP contribution in [0.5, 0.6) is 0 Å². The van der Waals surface area contributed by atoms with Gasteiger partial charge in [0.2, 0.25) is 0 Å². The minimum atomic E-state index is -0.0893.